The molecule has 90 valence electrons. The minimum atomic E-state index is -0.447. The number of methoxy groups -OCH3 is 1. The van der Waals surface area contributed by atoms with Gasteiger partial charge in [-0.15, -0.1) is 11.3 Å². The summed E-state index contributed by atoms with van der Waals surface area (Å²) in [4.78, 5) is 4.33. The van der Waals surface area contributed by atoms with Gasteiger partial charge in [-0.2, -0.15) is 4.39 Å². The smallest absolute Gasteiger partial charge is 0.209 e. The molecular weight excluding hydrogens is 241 g/mol. The van der Waals surface area contributed by atoms with Crippen molar-refractivity contribution >= 4 is 21.6 Å². The first-order valence-corrected chi connectivity index (χ1v) is 6.31. The highest BCUT2D eigenvalue weighted by atomic mass is 32.1. The molecule has 0 atom stereocenters. The average molecular weight is 253 g/mol. The van der Waals surface area contributed by atoms with Crippen molar-refractivity contribution in [2.45, 2.75) is 25.9 Å². The summed E-state index contributed by atoms with van der Waals surface area (Å²) in [5, 5.41) is 0.897. The zero-order chi connectivity index (χ0) is 12.0. The van der Waals surface area contributed by atoms with Gasteiger partial charge in [0.15, 0.2) is 11.5 Å². The predicted octanol–water partition coefficient (Wildman–Crippen LogP) is 3.29. The third-order valence-corrected chi connectivity index (χ3v) is 3.60. The molecule has 1 heterocycles. The number of thiazole rings is 1. The van der Waals surface area contributed by atoms with E-state index in [0.29, 0.717) is 5.52 Å². The monoisotopic (exact) mass is 253 g/mol. The van der Waals surface area contributed by atoms with Crippen molar-refractivity contribution in [3.05, 3.63) is 16.9 Å². The van der Waals surface area contributed by atoms with Crippen molar-refractivity contribution in [3.63, 3.8) is 0 Å². The Kier molecular flexibility index (Phi) is 2.43. The number of aromatic nitrogens is 1. The van der Waals surface area contributed by atoms with E-state index in [4.69, 9.17) is 9.47 Å². The summed E-state index contributed by atoms with van der Waals surface area (Å²) in [6.07, 6.45) is 2.12. The van der Waals surface area contributed by atoms with Gasteiger partial charge in [-0.05, 0) is 19.8 Å². The van der Waals surface area contributed by atoms with Crippen LogP contribution in [0.4, 0.5) is 4.39 Å². The Bertz CT molecular complexity index is 577. The molecule has 1 aromatic heterocycles. The van der Waals surface area contributed by atoms with Crippen LogP contribution < -0.4 is 9.47 Å². The molecule has 3 nitrogen and oxygen atoms in total. The molecule has 1 aliphatic carbocycles. The van der Waals surface area contributed by atoms with E-state index in [1.807, 2.05) is 6.92 Å². The summed E-state index contributed by atoms with van der Waals surface area (Å²) in [6, 6.07) is 1.68. The third-order valence-electron chi connectivity index (χ3n) is 2.68. The molecule has 0 unspecified atom stereocenters. The van der Waals surface area contributed by atoms with Gasteiger partial charge in [0, 0.05) is 6.07 Å². The van der Waals surface area contributed by atoms with Crippen LogP contribution in [0.2, 0.25) is 0 Å². The summed E-state index contributed by atoms with van der Waals surface area (Å²) in [5.41, 5.74) is 0.609. The normalized spacial score (nSPS) is 15.2. The fourth-order valence-electron chi connectivity index (χ4n) is 1.71. The second-order valence-electron chi connectivity index (χ2n) is 4.12. The first kappa shape index (κ1) is 10.8. The van der Waals surface area contributed by atoms with Crippen molar-refractivity contribution in [2.75, 3.05) is 7.11 Å². The molecular formula is C12H12FNO2S. The SMILES string of the molecule is COc1cc2sc(C)nc2c(OC2CC2)c1F. The van der Waals surface area contributed by atoms with Crippen LogP contribution in [0.15, 0.2) is 6.07 Å². The quantitative estimate of drug-likeness (QED) is 0.841. The maximum absolute atomic E-state index is 14.1. The molecule has 0 radical (unpaired) electrons. The van der Waals surface area contributed by atoms with Gasteiger partial charge in [0.1, 0.15) is 5.52 Å². The number of ether oxygens (including phenoxy) is 2. The van der Waals surface area contributed by atoms with Crippen LogP contribution in [0, 0.1) is 12.7 Å². The highest BCUT2D eigenvalue weighted by Gasteiger charge is 2.28. The summed E-state index contributed by atoms with van der Waals surface area (Å²) in [5.74, 6) is 0.0141. The summed E-state index contributed by atoms with van der Waals surface area (Å²) in [7, 11) is 1.46. The first-order chi connectivity index (χ1) is 8.19. The molecule has 3 rings (SSSR count). The number of hydrogen-bond acceptors (Lipinski definition) is 4. The summed E-state index contributed by atoms with van der Waals surface area (Å²) in [6.45, 7) is 1.90. The van der Waals surface area contributed by atoms with Crippen LogP contribution in [0.25, 0.3) is 10.2 Å². The van der Waals surface area contributed by atoms with E-state index in [9.17, 15) is 4.39 Å². The molecule has 1 fully saturated rings. The van der Waals surface area contributed by atoms with Crippen molar-refractivity contribution in [3.8, 4) is 11.5 Å². The molecule has 17 heavy (non-hydrogen) atoms. The number of hydrogen-bond donors (Lipinski definition) is 0. The lowest BCUT2D eigenvalue weighted by Gasteiger charge is -2.09. The molecule has 0 N–H and O–H groups in total. The second-order valence-corrected chi connectivity index (χ2v) is 5.35. The zero-order valence-corrected chi connectivity index (χ0v) is 10.4. The lowest BCUT2D eigenvalue weighted by Crippen LogP contribution is -2.01. The van der Waals surface area contributed by atoms with Crippen LogP contribution in [0.5, 0.6) is 11.5 Å². The Balaban J connectivity index is 2.21. The molecule has 1 aliphatic rings. The summed E-state index contributed by atoms with van der Waals surface area (Å²) >= 11 is 1.51. The zero-order valence-electron chi connectivity index (χ0n) is 9.62. The Hall–Kier alpha value is -1.36. The fraction of sp³-hybridized carbons (Fsp3) is 0.417. The molecule has 1 saturated carbocycles. The number of nitrogens with zero attached hydrogens (tertiary/aromatic N) is 1. The minimum Gasteiger partial charge on any atom is -0.493 e. The molecule has 0 spiro atoms. The predicted molar refractivity (Wildman–Crippen MR) is 64.5 cm³/mol. The molecule has 0 bridgehead atoms. The molecule has 0 saturated heterocycles. The van der Waals surface area contributed by atoms with E-state index >= 15 is 0 Å². The minimum absolute atomic E-state index is 0.141. The van der Waals surface area contributed by atoms with E-state index < -0.39 is 5.82 Å². The van der Waals surface area contributed by atoms with Gasteiger partial charge in [-0.25, -0.2) is 4.98 Å². The Labute approximate surface area is 102 Å². The lowest BCUT2D eigenvalue weighted by atomic mass is 10.2. The topological polar surface area (TPSA) is 31.4 Å². The van der Waals surface area contributed by atoms with E-state index in [-0.39, 0.29) is 17.6 Å². The van der Waals surface area contributed by atoms with Crippen LogP contribution in [0.3, 0.4) is 0 Å². The molecule has 0 aliphatic heterocycles. The van der Waals surface area contributed by atoms with Gasteiger partial charge in [-0.3, -0.25) is 0 Å². The maximum atomic E-state index is 14.1. The average Bonchev–Trinajstić information content (AvgIpc) is 3.04. The highest BCUT2D eigenvalue weighted by Crippen LogP contribution is 2.40. The van der Waals surface area contributed by atoms with Crippen LogP contribution >= 0.6 is 11.3 Å². The number of aryl methyl sites for hydroxylation is 1. The summed E-state index contributed by atoms with van der Waals surface area (Å²) < 4.78 is 25.7. The lowest BCUT2D eigenvalue weighted by molar-refractivity contribution is 0.283. The Morgan fingerprint density at radius 1 is 1.47 bits per heavy atom. The maximum Gasteiger partial charge on any atom is 0.209 e. The Morgan fingerprint density at radius 2 is 2.24 bits per heavy atom. The highest BCUT2D eigenvalue weighted by molar-refractivity contribution is 7.18. The van der Waals surface area contributed by atoms with E-state index in [2.05, 4.69) is 4.98 Å². The van der Waals surface area contributed by atoms with E-state index in [1.54, 1.807) is 6.07 Å². The standard InChI is InChI=1S/C12H12FNO2S/c1-6-14-11-9(17-6)5-8(15-2)10(13)12(11)16-7-3-4-7/h5,7H,3-4H2,1-2H3. The van der Waals surface area contributed by atoms with Crippen LogP contribution in [-0.2, 0) is 0 Å². The van der Waals surface area contributed by atoms with Crippen LogP contribution in [-0.4, -0.2) is 18.2 Å². The Morgan fingerprint density at radius 3 is 2.88 bits per heavy atom. The molecule has 5 heteroatoms. The first-order valence-electron chi connectivity index (χ1n) is 5.49. The molecule has 2 aromatic rings. The number of rotatable bonds is 3. The second kappa shape index (κ2) is 3.84. The number of halogens is 1. The van der Waals surface area contributed by atoms with Crippen molar-refractivity contribution < 1.29 is 13.9 Å². The van der Waals surface area contributed by atoms with Crippen LogP contribution in [0.1, 0.15) is 17.8 Å². The van der Waals surface area contributed by atoms with Gasteiger partial charge >= 0.3 is 0 Å². The van der Waals surface area contributed by atoms with Gasteiger partial charge in [0.2, 0.25) is 5.82 Å². The van der Waals surface area contributed by atoms with Crippen molar-refractivity contribution in [2.24, 2.45) is 0 Å². The van der Waals surface area contributed by atoms with Gasteiger partial charge in [0.05, 0.1) is 22.9 Å². The molecule has 1 aromatic carbocycles. The van der Waals surface area contributed by atoms with E-state index in [0.717, 1.165) is 22.5 Å². The van der Waals surface area contributed by atoms with Crippen molar-refractivity contribution in [1.29, 1.82) is 0 Å². The van der Waals surface area contributed by atoms with Crippen molar-refractivity contribution in [1.82, 2.24) is 4.98 Å². The molecule has 0 amide bonds. The van der Waals surface area contributed by atoms with Gasteiger partial charge in [0.25, 0.3) is 0 Å². The van der Waals surface area contributed by atoms with Gasteiger partial charge in [-0.1, -0.05) is 0 Å². The van der Waals surface area contributed by atoms with Gasteiger partial charge < -0.3 is 9.47 Å². The largest absolute Gasteiger partial charge is 0.493 e. The third kappa shape index (κ3) is 1.84. The fourth-order valence-corrected chi connectivity index (χ4v) is 2.57. The number of benzene rings is 1. The van der Waals surface area contributed by atoms with E-state index in [1.165, 1.54) is 18.4 Å². The number of fused-ring (bicyclic) bond motifs is 1.